The highest BCUT2D eigenvalue weighted by atomic mass is 32.2. The summed E-state index contributed by atoms with van der Waals surface area (Å²) in [6.45, 7) is 1.65. The standard InChI is InChI=1S/C26H22N6O6S/c1-15-10-23(31-38-15)26(34)28-16-6-5-7-20(13-16)39(35,36)32-25-24(29-21-8-3-4-9-22(21)30-25)27-17-11-18(33)14-19(12-17)37-2/h3-14,33H,1-2H3,(H,27,29)(H,28,34)(H,30,32). The van der Waals surface area contributed by atoms with Crippen molar-refractivity contribution in [1.29, 1.82) is 0 Å². The van der Waals surface area contributed by atoms with E-state index in [2.05, 4.69) is 30.5 Å². The highest BCUT2D eigenvalue weighted by Gasteiger charge is 2.21. The number of fused-ring (bicyclic) bond motifs is 1. The van der Waals surface area contributed by atoms with Gasteiger partial charge in [0, 0.05) is 35.6 Å². The summed E-state index contributed by atoms with van der Waals surface area (Å²) in [6.07, 6.45) is 0. The average Bonchev–Trinajstić information content (AvgIpc) is 3.35. The topological polar surface area (TPSA) is 169 Å². The number of anilines is 4. The van der Waals surface area contributed by atoms with Gasteiger partial charge in [0.25, 0.3) is 15.9 Å². The van der Waals surface area contributed by atoms with Gasteiger partial charge >= 0.3 is 0 Å². The summed E-state index contributed by atoms with van der Waals surface area (Å²) in [6, 6.07) is 18.6. The molecule has 198 valence electrons. The van der Waals surface area contributed by atoms with E-state index in [9.17, 15) is 18.3 Å². The van der Waals surface area contributed by atoms with E-state index in [-0.39, 0.29) is 33.7 Å². The van der Waals surface area contributed by atoms with Crippen LogP contribution >= 0.6 is 0 Å². The number of ether oxygens (including phenoxy) is 1. The van der Waals surface area contributed by atoms with Crippen LogP contribution in [-0.2, 0) is 10.0 Å². The van der Waals surface area contributed by atoms with Gasteiger partial charge in [-0.05, 0) is 37.3 Å². The number of sulfonamides is 1. The molecule has 0 unspecified atom stereocenters. The molecule has 1 amide bonds. The van der Waals surface area contributed by atoms with Crippen LogP contribution in [0.25, 0.3) is 11.0 Å². The predicted molar refractivity (Wildman–Crippen MR) is 144 cm³/mol. The number of nitrogens with zero attached hydrogens (tertiary/aromatic N) is 3. The van der Waals surface area contributed by atoms with Crippen LogP contribution in [0.4, 0.5) is 23.0 Å². The minimum Gasteiger partial charge on any atom is -0.508 e. The Bertz CT molecular complexity index is 1800. The minimum absolute atomic E-state index is 0.0598. The number of para-hydroxylation sites is 2. The molecule has 5 rings (SSSR count). The van der Waals surface area contributed by atoms with Crippen molar-refractivity contribution in [3.8, 4) is 11.5 Å². The van der Waals surface area contributed by atoms with Gasteiger partial charge in [-0.3, -0.25) is 9.52 Å². The summed E-state index contributed by atoms with van der Waals surface area (Å²) in [5, 5.41) is 19.3. The highest BCUT2D eigenvalue weighted by molar-refractivity contribution is 7.92. The fourth-order valence-corrected chi connectivity index (χ4v) is 4.72. The van der Waals surface area contributed by atoms with Crippen molar-refractivity contribution in [3.05, 3.63) is 84.3 Å². The highest BCUT2D eigenvalue weighted by Crippen LogP contribution is 2.31. The number of aromatic hydroxyl groups is 1. The van der Waals surface area contributed by atoms with Crippen molar-refractivity contribution in [2.75, 3.05) is 22.5 Å². The van der Waals surface area contributed by atoms with Crippen LogP contribution < -0.4 is 20.1 Å². The zero-order valence-corrected chi connectivity index (χ0v) is 21.5. The SMILES string of the molecule is COc1cc(O)cc(Nc2nc3ccccc3nc2NS(=O)(=O)c2cccc(NC(=O)c3cc(C)on3)c2)c1. The largest absolute Gasteiger partial charge is 0.508 e. The van der Waals surface area contributed by atoms with Crippen LogP contribution in [0.1, 0.15) is 16.2 Å². The monoisotopic (exact) mass is 546 g/mol. The Labute approximate surface area is 222 Å². The molecular formula is C26H22N6O6S. The van der Waals surface area contributed by atoms with Crippen LogP contribution in [0.2, 0.25) is 0 Å². The Morgan fingerprint density at radius 2 is 1.67 bits per heavy atom. The van der Waals surface area contributed by atoms with Crippen molar-refractivity contribution in [2.45, 2.75) is 11.8 Å². The normalized spacial score (nSPS) is 11.2. The molecule has 3 aromatic carbocycles. The van der Waals surface area contributed by atoms with Crippen molar-refractivity contribution < 1.29 is 27.6 Å². The summed E-state index contributed by atoms with van der Waals surface area (Å²) >= 11 is 0. The molecule has 0 aliphatic rings. The fraction of sp³-hybridized carbons (Fsp3) is 0.0769. The van der Waals surface area contributed by atoms with Gasteiger partial charge in [-0.25, -0.2) is 18.4 Å². The van der Waals surface area contributed by atoms with Gasteiger partial charge in [-0.2, -0.15) is 0 Å². The summed E-state index contributed by atoms with van der Waals surface area (Å²) in [7, 11) is -2.73. The van der Waals surface area contributed by atoms with Gasteiger partial charge in [0.1, 0.15) is 17.3 Å². The van der Waals surface area contributed by atoms with Gasteiger partial charge in [0.05, 0.1) is 23.0 Å². The average molecular weight is 547 g/mol. The third kappa shape index (κ3) is 5.72. The molecular weight excluding hydrogens is 524 g/mol. The zero-order valence-electron chi connectivity index (χ0n) is 20.7. The molecule has 0 aliphatic heterocycles. The van der Waals surface area contributed by atoms with Crippen LogP contribution in [0, 0.1) is 6.92 Å². The van der Waals surface area contributed by atoms with E-state index in [4.69, 9.17) is 9.26 Å². The molecule has 12 nitrogen and oxygen atoms in total. The van der Waals surface area contributed by atoms with E-state index in [1.165, 1.54) is 43.5 Å². The second-order valence-corrected chi connectivity index (χ2v) is 10.0. The van der Waals surface area contributed by atoms with E-state index >= 15 is 0 Å². The summed E-state index contributed by atoms with van der Waals surface area (Å²) in [5.74, 6) is 0.244. The van der Waals surface area contributed by atoms with E-state index in [0.29, 0.717) is 28.2 Å². The van der Waals surface area contributed by atoms with Crippen molar-refractivity contribution in [2.24, 2.45) is 0 Å². The Hall–Kier alpha value is -5.17. The number of carbonyl (C=O) groups excluding carboxylic acids is 1. The molecule has 0 bridgehead atoms. The van der Waals surface area contributed by atoms with E-state index in [0.717, 1.165) is 0 Å². The number of hydrogen-bond acceptors (Lipinski definition) is 10. The van der Waals surface area contributed by atoms with Crippen molar-refractivity contribution >= 4 is 50.0 Å². The summed E-state index contributed by atoms with van der Waals surface area (Å²) in [4.78, 5) is 21.3. The fourth-order valence-electron chi connectivity index (χ4n) is 3.66. The molecule has 0 saturated heterocycles. The third-order valence-corrected chi connectivity index (χ3v) is 6.79. The van der Waals surface area contributed by atoms with E-state index < -0.39 is 15.9 Å². The number of benzene rings is 3. The van der Waals surface area contributed by atoms with Crippen LogP contribution in [0.5, 0.6) is 11.5 Å². The Morgan fingerprint density at radius 1 is 0.923 bits per heavy atom. The van der Waals surface area contributed by atoms with Gasteiger partial charge in [0.15, 0.2) is 17.3 Å². The number of aromatic nitrogens is 3. The van der Waals surface area contributed by atoms with Gasteiger partial charge < -0.3 is 25.0 Å². The molecule has 39 heavy (non-hydrogen) atoms. The number of phenolic OH excluding ortho intramolecular Hbond substituents is 1. The van der Waals surface area contributed by atoms with E-state index in [1.807, 2.05) is 0 Å². The maximum Gasteiger partial charge on any atom is 0.277 e. The Morgan fingerprint density at radius 3 is 2.36 bits per heavy atom. The van der Waals surface area contributed by atoms with E-state index in [1.54, 1.807) is 43.3 Å². The lowest BCUT2D eigenvalue weighted by Crippen LogP contribution is -2.17. The molecule has 2 heterocycles. The van der Waals surface area contributed by atoms with Crippen molar-refractivity contribution in [1.82, 2.24) is 15.1 Å². The smallest absolute Gasteiger partial charge is 0.277 e. The number of nitrogens with one attached hydrogen (secondary N) is 3. The summed E-state index contributed by atoms with van der Waals surface area (Å²) < 4.78 is 39.4. The molecule has 0 atom stereocenters. The lowest BCUT2D eigenvalue weighted by Gasteiger charge is -2.15. The molecule has 0 fully saturated rings. The second-order valence-electron chi connectivity index (χ2n) is 8.36. The summed E-state index contributed by atoms with van der Waals surface area (Å²) in [5.41, 5.74) is 1.66. The number of amides is 1. The number of rotatable bonds is 8. The third-order valence-electron chi connectivity index (χ3n) is 5.45. The first-order valence-corrected chi connectivity index (χ1v) is 13.0. The molecule has 0 spiro atoms. The first kappa shape index (κ1) is 25.5. The number of hydrogen-bond donors (Lipinski definition) is 4. The Balaban J connectivity index is 1.47. The maximum atomic E-state index is 13.4. The lowest BCUT2D eigenvalue weighted by molar-refractivity contribution is 0.101. The Kier molecular flexibility index (Phi) is 6.73. The van der Waals surface area contributed by atoms with Crippen LogP contribution in [0.3, 0.4) is 0 Å². The number of methoxy groups -OCH3 is 1. The van der Waals surface area contributed by atoms with Gasteiger partial charge in [-0.1, -0.05) is 23.4 Å². The molecule has 4 N–H and O–H groups in total. The first-order valence-electron chi connectivity index (χ1n) is 11.5. The number of phenols is 1. The van der Waals surface area contributed by atoms with Crippen LogP contribution in [0.15, 0.2) is 82.2 Å². The maximum absolute atomic E-state index is 13.4. The first-order chi connectivity index (χ1) is 18.7. The quantitative estimate of drug-likeness (QED) is 0.218. The zero-order chi connectivity index (χ0) is 27.6. The molecule has 0 aliphatic carbocycles. The lowest BCUT2D eigenvalue weighted by atomic mass is 10.2. The molecule has 13 heteroatoms. The molecule has 0 radical (unpaired) electrons. The minimum atomic E-state index is -4.19. The molecule has 2 aromatic heterocycles. The van der Waals surface area contributed by atoms with Gasteiger partial charge in [0.2, 0.25) is 0 Å². The predicted octanol–water partition coefficient (Wildman–Crippen LogP) is 4.44. The van der Waals surface area contributed by atoms with Crippen molar-refractivity contribution in [3.63, 3.8) is 0 Å². The molecule has 5 aromatic rings. The molecule has 0 saturated carbocycles. The second kappa shape index (κ2) is 10.3. The van der Waals surface area contributed by atoms with Gasteiger partial charge in [-0.15, -0.1) is 0 Å². The number of aryl methyl sites for hydroxylation is 1. The number of carbonyl (C=O) groups is 1. The van der Waals surface area contributed by atoms with Crippen LogP contribution in [-0.4, -0.2) is 41.7 Å².